The number of hydrogen-bond donors (Lipinski definition) is 3. The number of primary amides is 1. The van der Waals surface area contributed by atoms with Crippen molar-refractivity contribution in [3.8, 4) is 0 Å². The highest BCUT2D eigenvalue weighted by atomic mass is 16.2. The average molecular weight is 297 g/mol. The summed E-state index contributed by atoms with van der Waals surface area (Å²) in [5, 5.41) is 5.81. The molecule has 0 radical (unpaired) electrons. The molecule has 0 unspecified atom stereocenters. The normalized spacial score (nSPS) is 10.1. The summed E-state index contributed by atoms with van der Waals surface area (Å²) in [6.07, 6.45) is 0. The van der Waals surface area contributed by atoms with Crippen molar-refractivity contribution in [3.63, 3.8) is 0 Å². The summed E-state index contributed by atoms with van der Waals surface area (Å²) >= 11 is 0. The molecule has 0 heterocycles. The fraction of sp³-hybridized carbons (Fsp3) is 0.176. The molecule has 2 rings (SSSR count). The van der Waals surface area contributed by atoms with Crippen LogP contribution in [0.3, 0.4) is 0 Å². The second kappa shape index (κ2) is 6.76. The molecule has 2 amide bonds. The summed E-state index contributed by atoms with van der Waals surface area (Å²) in [4.78, 5) is 23.1. The summed E-state index contributed by atoms with van der Waals surface area (Å²) in [7, 11) is 0. The zero-order valence-electron chi connectivity index (χ0n) is 12.6. The SMILES string of the molecule is Cc1cc(C)cc(NC(=O)CNc2cccc(C(N)=O)c2)c1. The van der Waals surface area contributed by atoms with E-state index in [4.69, 9.17) is 5.73 Å². The Bertz CT molecular complexity index is 691. The second-order valence-electron chi connectivity index (χ2n) is 5.22. The molecule has 114 valence electrons. The van der Waals surface area contributed by atoms with Gasteiger partial charge in [0.2, 0.25) is 11.8 Å². The summed E-state index contributed by atoms with van der Waals surface area (Å²) in [5.74, 6) is -0.655. The van der Waals surface area contributed by atoms with Gasteiger partial charge in [0.25, 0.3) is 0 Å². The minimum Gasteiger partial charge on any atom is -0.376 e. The van der Waals surface area contributed by atoms with Gasteiger partial charge in [-0.25, -0.2) is 0 Å². The number of carbonyl (C=O) groups excluding carboxylic acids is 2. The van der Waals surface area contributed by atoms with Gasteiger partial charge in [-0.15, -0.1) is 0 Å². The molecule has 0 aliphatic rings. The molecule has 5 nitrogen and oxygen atoms in total. The first kappa shape index (κ1) is 15.6. The number of anilines is 2. The fourth-order valence-electron chi connectivity index (χ4n) is 2.22. The summed E-state index contributed by atoms with van der Waals surface area (Å²) in [6, 6.07) is 12.6. The molecule has 0 aromatic heterocycles. The van der Waals surface area contributed by atoms with Crippen molar-refractivity contribution >= 4 is 23.2 Å². The Balaban J connectivity index is 1.95. The molecule has 0 aliphatic carbocycles. The number of carbonyl (C=O) groups is 2. The maximum atomic E-state index is 12.0. The van der Waals surface area contributed by atoms with Crippen LogP contribution in [0.5, 0.6) is 0 Å². The van der Waals surface area contributed by atoms with E-state index in [2.05, 4.69) is 10.6 Å². The van der Waals surface area contributed by atoms with Gasteiger partial charge < -0.3 is 16.4 Å². The van der Waals surface area contributed by atoms with Crippen LogP contribution in [0.4, 0.5) is 11.4 Å². The van der Waals surface area contributed by atoms with Gasteiger partial charge in [-0.1, -0.05) is 12.1 Å². The molecular formula is C17H19N3O2. The van der Waals surface area contributed by atoms with Crippen molar-refractivity contribution in [2.45, 2.75) is 13.8 Å². The second-order valence-corrected chi connectivity index (χ2v) is 5.22. The van der Waals surface area contributed by atoms with Crippen molar-refractivity contribution in [3.05, 3.63) is 59.2 Å². The lowest BCUT2D eigenvalue weighted by Gasteiger charge is -2.10. The first-order chi connectivity index (χ1) is 10.4. The van der Waals surface area contributed by atoms with E-state index < -0.39 is 5.91 Å². The number of nitrogens with one attached hydrogen (secondary N) is 2. The van der Waals surface area contributed by atoms with Crippen molar-refractivity contribution in [1.29, 1.82) is 0 Å². The Kier molecular flexibility index (Phi) is 4.78. The predicted octanol–water partition coefficient (Wildman–Crippen LogP) is 2.45. The molecule has 0 spiro atoms. The van der Waals surface area contributed by atoms with E-state index in [1.165, 1.54) is 0 Å². The average Bonchev–Trinajstić information content (AvgIpc) is 2.44. The van der Waals surface area contributed by atoms with Gasteiger partial charge >= 0.3 is 0 Å². The molecular weight excluding hydrogens is 278 g/mol. The topological polar surface area (TPSA) is 84.2 Å². The van der Waals surface area contributed by atoms with Gasteiger partial charge in [-0.05, 0) is 55.3 Å². The number of aryl methyl sites for hydroxylation is 2. The van der Waals surface area contributed by atoms with Gasteiger partial charge in [-0.2, -0.15) is 0 Å². The van der Waals surface area contributed by atoms with Gasteiger partial charge in [0.1, 0.15) is 0 Å². The summed E-state index contributed by atoms with van der Waals surface area (Å²) in [5.41, 5.74) is 9.26. The van der Waals surface area contributed by atoms with Crippen LogP contribution in [-0.2, 0) is 4.79 Å². The standard InChI is InChI=1S/C17H19N3O2/c1-11-6-12(2)8-15(7-11)20-16(21)10-19-14-5-3-4-13(9-14)17(18)22/h3-9,19H,10H2,1-2H3,(H2,18,22)(H,20,21). The van der Waals surface area contributed by atoms with Crippen LogP contribution in [0.25, 0.3) is 0 Å². The molecule has 0 aliphatic heterocycles. The van der Waals surface area contributed by atoms with E-state index in [1.807, 2.05) is 32.0 Å². The Hall–Kier alpha value is -2.82. The number of hydrogen-bond acceptors (Lipinski definition) is 3. The molecule has 0 saturated heterocycles. The quantitative estimate of drug-likeness (QED) is 0.792. The number of amides is 2. The van der Waals surface area contributed by atoms with Crippen LogP contribution in [-0.4, -0.2) is 18.4 Å². The highest BCUT2D eigenvalue weighted by Gasteiger charge is 2.05. The zero-order chi connectivity index (χ0) is 16.1. The van der Waals surface area contributed by atoms with Crippen LogP contribution in [0.15, 0.2) is 42.5 Å². The van der Waals surface area contributed by atoms with Gasteiger partial charge in [-0.3, -0.25) is 9.59 Å². The largest absolute Gasteiger partial charge is 0.376 e. The van der Waals surface area contributed by atoms with Crippen molar-refractivity contribution in [1.82, 2.24) is 0 Å². The summed E-state index contributed by atoms with van der Waals surface area (Å²) in [6.45, 7) is 4.07. The van der Waals surface area contributed by atoms with E-state index in [9.17, 15) is 9.59 Å². The van der Waals surface area contributed by atoms with Crippen LogP contribution in [0.2, 0.25) is 0 Å². The Morgan fingerprint density at radius 1 is 1.00 bits per heavy atom. The smallest absolute Gasteiger partial charge is 0.248 e. The first-order valence-electron chi connectivity index (χ1n) is 6.96. The van der Waals surface area contributed by atoms with E-state index in [0.717, 1.165) is 16.8 Å². The molecule has 0 atom stereocenters. The maximum absolute atomic E-state index is 12.0. The summed E-state index contributed by atoms with van der Waals surface area (Å²) < 4.78 is 0. The van der Waals surface area contributed by atoms with Crippen LogP contribution < -0.4 is 16.4 Å². The van der Waals surface area contributed by atoms with E-state index in [-0.39, 0.29) is 12.5 Å². The minimum atomic E-state index is -0.497. The Morgan fingerprint density at radius 2 is 1.68 bits per heavy atom. The lowest BCUT2D eigenvalue weighted by Crippen LogP contribution is -2.22. The van der Waals surface area contributed by atoms with Gasteiger partial charge in [0.15, 0.2) is 0 Å². The number of rotatable bonds is 5. The van der Waals surface area contributed by atoms with E-state index >= 15 is 0 Å². The minimum absolute atomic E-state index is 0.106. The molecule has 2 aromatic rings. The van der Waals surface area contributed by atoms with Crippen molar-refractivity contribution in [2.24, 2.45) is 5.73 Å². The van der Waals surface area contributed by atoms with Crippen LogP contribution in [0, 0.1) is 13.8 Å². The Labute approximate surface area is 129 Å². The third kappa shape index (κ3) is 4.34. The van der Waals surface area contributed by atoms with E-state index in [0.29, 0.717) is 11.3 Å². The fourth-order valence-corrected chi connectivity index (χ4v) is 2.22. The van der Waals surface area contributed by atoms with Gasteiger partial charge in [0.05, 0.1) is 6.54 Å². The van der Waals surface area contributed by atoms with Crippen molar-refractivity contribution in [2.75, 3.05) is 17.2 Å². The molecule has 2 aromatic carbocycles. The lowest BCUT2D eigenvalue weighted by atomic mass is 10.1. The molecule has 0 saturated carbocycles. The molecule has 0 fully saturated rings. The van der Waals surface area contributed by atoms with E-state index in [1.54, 1.807) is 24.3 Å². The number of nitrogens with two attached hydrogens (primary N) is 1. The number of benzene rings is 2. The van der Waals surface area contributed by atoms with Gasteiger partial charge in [0, 0.05) is 16.9 Å². The molecule has 4 N–H and O–H groups in total. The molecule has 5 heteroatoms. The third-order valence-corrected chi connectivity index (χ3v) is 3.11. The predicted molar refractivity (Wildman–Crippen MR) is 88.0 cm³/mol. The zero-order valence-corrected chi connectivity index (χ0v) is 12.6. The Morgan fingerprint density at radius 3 is 2.32 bits per heavy atom. The first-order valence-corrected chi connectivity index (χ1v) is 6.96. The highest BCUT2D eigenvalue weighted by Crippen LogP contribution is 2.14. The van der Waals surface area contributed by atoms with Crippen molar-refractivity contribution < 1.29 is 9.59 Å². The molecule has 0 bridgehead atoms. The third-order valence-electron chi connectivity index (χ3n) is 3.11. The van der Waals surface area contributed by atoms with Crippen LogP contribution in [0.1, 0.15) is 21.5 Å². The highest BCUT2D eigenvalue weighted by molar-refractivity contribution is 5.95. The molecule has 22 heavy (non-hydrogen) atoms. The monoisotopic (exact) mass is 297 g/mol. The maximum Gasteiger partial charge on any atom is 0.248 e. The van der Waals surface area contributed by atoms with Crippen LogP contribution >= 0.6 is 0 Å². The lowest BCUT2D eigenvalue weighted by molar-refractivity contribution is -0.114.